The molecule has 0 bridgehead atoms. The van der Waals surface area contributed by atoms with Gasteiger partial charge in [0.1, 0.15) is 11.9 Å². The maximum absolute atomic E-state index is 12.1. The van der Waals surface area contributed by atoms with Crippen LogP contribution in [0, 0.1) is 0 Å². The van der Waals surface area contributed by atoms with E-state index in [0.717, 1.165) is 45.4 Å². The minimum absolute atomic E-state index is 0.0435. The average molecular weight is 515 g/mol. The molecule has 0 saturated carbocycles. The Balaban J connectivity index is 1.08. The highest BCUT2D eigenvalue weighted by Crippen LogP contribution is 2.30. The van der Waals surface area contributed by atoms with Crippen molar-refractivity contribution in [2.75, 3.05) is 38.1 Å². The molecule has 0 atom stereocenters. The number of piperidine rings is 1. The normalized spacial score (nSPS) is 14.7. The lowest BCUT2D eigenvalue weighted by atomic mass is 10.00. The number of anilines is 1. The fraction of sp³-hybridized carbons (Fsp3) is 0.379. The summed E-state index contributed by atoms with van der Waals surface area (Å²) < 4.78 is 13.1. The van der Waals surface area contributed by atoms with E-state index >= 15 is 0 Å². The smallest absolute Gasteiger partial charge is 0.378 e. The van der Waals surface area contributed by atoms with Crippen molar-refractivity contribution < 1.29 is 14.3 Å². The number of fused-ring (bicyclic) bond motifs is 1. The third-order valence-corrected chi connectivity index (χ3v) is 6.75. The molecule has 0 unspecified atom stereocenters. The van der Waals surface area contributed by atoms with Crippen molar-refractivity contribution >= 4 is 17.4 Å². The van der Waals surface area contributed by atoms with Gasteiger partial charge in [-0.25, -0.2) is 4.79 Å². The van der Waals surface area contributed by atoms with E-state index in [-0.39, 0.29) is 24.6 Å². The molecule has 9 heteroatoms. The predicted octanol–water partition coefficient (Wildman–Crippen LogP) is 4.37. The van der Waals surface area contributed by atoms with Crippen LogP contribution in [-0.4, -0.2) is 69.6 Å². The summed E-state index contributed by atoms with van der Waals surface area (Å²) in [6.07, 6.45) is 3.22. The van der Waals surface area contributed by atoms with Crippen molar-refractivity contribution in [2.45, 2.75) is 38.4 Å². The topological polar surface area (TPSA) is 93.9 Å². The Morgan fingerprint density at radius 1 is 0.974 bits per heavy atom. The molecule has 1 fully saturated rings. The summed E-state index contributed by atoms with van der Waals surface area (Å²) in [6, 6.07) is 24.6. The van der Waals surface area contributed by atoms with Gasteiger partial charge in [-0.05, 0) is 56.0 Å². The van der Waals surface area contributed by atoms with Crippen LogP contribution in [-0.2, 0) is 9.47 Å². The summed E-state index contributed by atoms with van der Waals surface area (Å²) >= 11 is 0. The zero-order chi connectivity index (χ0) is 26.2. The number of rotatable bonds is 11. The van der Waals surface area contributed by atoms with Crippen LogP contribution in [0.5, 0.6) is 0 Å². The third-order valence-electron chi connectivity index (χ3n) is 6.75. The maximum Gasteiger partial charge on any atom is 0.378 e. The van der Waals surface area contributed by atoms with Crippen molar-refractivity contribution in [1.29, 1.82) is 0 Å². The predicted molar refractivity (Wildman–Crippen MR) is 145 cm³/mol. The summed E-state index contributed by atoms with van der Waals surface area (Å²) in [5.74, 6) is 0.219. The van der Waals surface area contributed by atoms with Crippen LogP contribution in [0.25, 0.3) is 5.65 Å². The van der Waals surface area contributed by atoms with Gasteiger partial charge in [-0.1, -0.05) is 60.7 Å². The molecule has 38 heavy (non-hydrogen) atoms. The fourth-order valence-corrected chi connectivity index (χ4v) is 4.79. The molecule has 2 aromatic heterocycles. The number of aromatic nitrogens is 4. The lowest BCUT2D eigenvalue weighted by molar-refractivity contribution is -0.0269. The van der Waals surface area contributed by atoms with Crippen molar-refractivity contribution in [3.8, 4) is 0 Å². The van der Waals surface area contributed by atoms with Gasteiger partial charge >= 0.3 is 5.97 Å². The molecule has 0 aliphatic carbocycles. The van der Waals surface area contributed by atoms with E-state index in [0.29, 0.717) is 11.5 Å². The van der Waals surface area contributed by atoms with Gasteiger partial charge < -0.3 is 19.7 Å². The first kappa shape index (κ1) is 25.8. The molecule has 1 N–H and O–H groups in total. The van der Waals surface area contributed by atoms with Crippen molar-refractivity contribution in [2.24, 2.45) is 0 Å². The van der Waals surface area contributed by atoms with Crippen LogP contribution in [0.2, 0.25) is 0 Å². The lowest BCUT2D eigenvalue weighted by Crippen LogP contribution is -2.38. The Morgan fingerprint density at radius 3 is 2.32 bits per heavy atom. The van der Waals surface area contributed by atoms with Gasteiger partial charge in [-0.3, -0.25) is 0 Å². The number of nitrogens with one attached hydrogen (secondary N) is 1. The van der Waals surface area contributed by atoms with Gasteiger partial charge in [0.2, 0.25) is 0 Å². The number of likely N-dealkylation sites (tertiary alicyclic amines) is 1. The number of ether oxygens (including phenoxy) is 2. The molecular weight excluding hydrogens is 480 g/mol. The first-order chi connectivity index (χ1) is 18.7. The molecule has 3 heterocycles. The first-order valence-corrected chi connectivity index (χ1v) is 13.3. The molecular formula is C29H34N6O3. The number of hydrogen-bond donors (Lipinski definition) is 1. The quantitative estimate of drug-likeness (QED) is 0.233. The van der Waals surface area contributed by atoms with Gasteiger partial charge in [0.25, 0.3) is 5.82 Å². The summed E-state index contributed by atoms with van der Waals surface area (Å²) in [5, 5.41) is 15.7. The standard InChI is InChI=1S/C29H34N6O3/c1-2-37-29(36)28-32-31-26-15-14-25(33-35(26)28)30-18-9-19-34-20-16-24(17-21-34)38-27(22-10-5-3-6-11-22)23-12-7-4-8-13-23/h3-8,10-15,24,27H,2,9,16-21H2,1H3,(H,30,33). The van der Waals surface area contributed by atoms with Crippen molar-refractivity contribution in [1.82, 2.24) is 24.7 Å². The van der Waals surface area contributed by atoms with E-state index in [4.69, 9.17) is 9.47 Å². The van der Waals surface area contributed by atoms with Gasteiger partial charge in [-0.2, -0.15) is 4.52 Å². The van der Waals surface area contributed by atoms with E-state index < -0.39 is 5.97 Å². The fourth-order valence-electron chi connectivity index (χ4n) is 4.79. The van der Waals surface area contributed by atoms with E-state index in [9.17, 15) is 4.79 Å². The van der Waals surface area contributed by atoms with E-state index in [1.165, 1.54) is 15.6 Å². The first-order valence-electron chi connectivity index (χ1n) is 13.3. The number of carbonyl (C=O) groups is 1. The van der Waals surface area contributed by atoms with Crippen molar-refractivity contribution in [3.63, 3.8) is 0 Å². The number of esters is 1. The zero-order valence-electron chi connectivity index (χ0n) is 21.7. The second kappa shape index (κ2) is 12.6. The van der Waals surface area contributed by atoms with Crippen LogP contribution in [0.1, 0.15) is 54.0 Å². The molecule has 2 aromatic carbocycles. The summed E-state index contributed by atoms with van der Waals surface area (Å²) in [4.78, 5) is 14.6. The largest absolute Gasteiger partial charge is 0.460 e. The monoisotopic (exact) mass is 514 g/mol. The second-order valence-electron chi connectivity index (χ2n) is 9.39. The average Bonchev–Trinajstić information content (AvgIpc) is 3.39. The molecule has 0 amide bonds. The molecule has 0 spiro atoms. The van der Waals surface area contributed by atoms with Crippen LogP contribution in [0.3, 0.4) is 0 Å². The number of nitrogens with zero attached hydrogens (tertiary/aromatic N) is 5. The van der Waals surface area contributed by atoms with Crippen molar-refractivity contribution in [3.05, 3.63) is 89.7 Å². The SMILES string of the molecule is CCOC(=O)c1nnc2ccc(NCCCN3CCC(OC(c4ccccc4)c4ccccc4)CC3)nn12. The minimum Gasteiger partial charge on any atom is -0.460 e. The van der Waals surface area contributed by atoms with Crippen LogP contribution < -0.4 is 5.32 Å². The Kier molecular flexibility index (Phi) is 8.57. The minimum atomic E-state index is -0.532. The highest BCUT2D eigenvalue weighted by atomic mass is 16.5. The molecule has 1 aliphatic heterocycles. The molecule has 1 saturated heterocycles. The molecule has 9 nitrogen and oxygen atoms in total. The number of carbonyl (C=O) groups excluding carboxylic acids is 1. The Bertz CT molecular complexity index is 1270. The highest BCUT2D eigenvalue weighted by Gasteiger charge is 2.24. The van der Waals surface area contributed by atoms with Crippen LogP contribution in [0.15, 0.2) is 72.8 Å². The number of benzene rings is 2. The van der Waals surface area contributed by atoms with Crippen LogP contribution >= 0.6 is 0 Å². The zero-order valence-corrected chi connectivity index (χ0v) is 21.7. The van der Waals surface area contributed by atoms with Gasteiger partial charge in [0.15, 0.2) is 5.65 Å². The van der Waals surface area contributed by atoms with E-state index in [1.807, 2.05) is 18.2 Å². The molecule has 198 valence electrons. The Labute approximate surface area is 222 Å². The van der Waals surface area contributed by atoms with Gasteiger partial charge in [-0.15, -0.1) is 15.3 Å². The van der Waals surface area contributed by atoms with Crippen LogP contribution in [0.4, 0.5) is 5.82 Å². The molecule has 0 radical (unpaired) electrons. The Morgan fingerprint density at radius 2 is 1.66 bits per heavy atom. The summed E-state index contributed by atoms with van der Waals surface area (Å²) in [5.41, 5.74) is 2.89. The Hall–Kier alpha value is -3.82. The van der Waals surface area contributed by atoms with Gasteiger partial charge in [0.05, 0.1) is 12.7 Å². The second-order valence-corrected chi connectivity index (χ2v) is 9.39. The molecule has 1 aliphatic rings. The van der Waals surface area contributed by atoms with E-state index in [1.54, 1.807) is 13.0 Å². The number of hydrogen-bond acceptors (Lipinski definition) is 8. The summed E-state index contributed by atoms with van der Waals surface area (Å²) in [7, 11) is 0. The lowest BCUT2D eigenvalue weighted by Gasteiger charge is -2.34. The van der Waals surface area contributed by atoms with E-state index in [2.05, 4.69) is 74.0 Å². The third kappa shape index (κ3) is 6.35. The highest BCUT2D eigenvalue weighted by molar-refractivity contribution is 5.86. The van der Waals surface area contributed by atoms with Gasteiger partial charge in [0, 0.05) is 19.6 Å². The molecule has 5 rings (SSSR count). The summed E-state index contributed by atoms with van der Waals surface area (Å²) in [6.45, 7) is 5.85. The maximum atomic E-state index is 12.1. The molecule has 4 aromatic rings.